The molecule has 1 atom stereocenters. The first kappa shape index (κ1) is 16.1. The van der Waals surface area contributed by atoms with Crippen LogP contribution in [-0.4, -0.2) is 59.2 Å². The van der Waals surface area contributed by atoms with Gasteiger partial charge in [-0.05, 0) is 23.6 Å². The maximum atomic E-state index is 9.77. The van der Waals surface area contributed by atoms with E-state index in [-0.39, 0.29) is 12.6 Å². The molecule has 2 aromatic rings. The highest BCUT2D eigenvalue weighted by molar-refractivity contribution is 5.15. The van der Waals surface area contributed by atoms with Gasteiger partial charge >= 0.3 is 0 Å². The molecule has 1 aromatic carbocycles. The van der Waals surface area contributed by atoms with Gasteiger partial charge in [0.15, 0.2) is 0 Å². The smallest absolute Gasteiger partial charge is 0.0629 e. The lowest BCUT2D eigenvalue weighted by atomic mass is 10.1. The minimum atomic E-state index is 0.0694. The molecule has 4 heteroatoms. The molecule has 1 fully saturated rings. The van der Waals surface area contributed by atoms with Crippen molar-refractivity contribution < 1.29 is 5.11 Å². The average Bonchev–Trinajstić information content (AvgIpc) is 2.63. The van der Waals surface area contributed by atoms with Crippen LogP contribution in [0.3, 0.4) is 0 Å². The minimum absolute atomic E-state index is 0.0694. The van der Waals surface area contributed by atoms with Crippen LogP contribution in [0.15, 0.2) is 54.9 Å². The molecule has 0 saturated carbocycles. The van der Waals surface area contributed by atoms with Gasteiger partial charge < -0.3 is 10.0 Å². The number of nitrogens with zero attached hydrogens (tertiary/aromatic N) is 3. The number of aliphatic hydroxyl groups is 1. The summed E-state index contributed by atoms with van der Waals surface area (Å²) in [6, 6.07) is 14.7. The van der Waals surface area contributed by atoms with Gasteiger partial charge in [0.25, 0.3) is 0 Å². The van der Waals surface area contributed by atoms with Crippen molar-refractivity contribution in [1.29, 1.82) is 0 Å². The van der Waals surface area contributed by atoms with Gasteiger partial charge in [-0.15, -0.1) is 0 Å². The van der Waals surface area contributed by atoms with Gasteiger partial charge in [0.05, 0.1) is 12.6 Å². The van der Waals surface area contributed by atoms with Gasteiger partial charge in [0.2, 0.25) is 0 Å². The molecular formula is C19H25N3O. The van der Waals surface area contributed by atoms with E-state index >= 15 is 0 Å². The molecule has 1 aromatic heterocycles. The summed E-state index contributed by atoms with van der Waals surface area (Å²) in [5.41, 5.74) is 2.51. The van der Waals surface area contributed by atoms with Crippen LogP contribution >= 0.6 is 0 Å². The molecule has 3 rings (SSSR count). The zero-order valence-electron chi connectivity index (χ0n) is 13.5. The van der Waals surface area contributed by atoms with Crippen LogP contribution in [-0.2, 0) is 6.42 Å². The highest BCUT2D eigenvalue weighted by Crippen LogP contribution is 2.21. The van der Waals surface area contributed by atoms with Gasteiger partial charge in [-0.3, -0.25) is 9.88 Å². The number of aromatic nitrogens is 1. The molecule has 0 spiro atoms. The quantitative estimate of drug-likeness (QED) is 0.885. The summed E-state index contributed by atoms with van der Waals surface area (Å²) < 4.78 is 0. The van der Waals surface area contributed by atoms with Crippen LogP contribution in [0.5, 0.6) is 0 Å². The van der Waals surface area contributed by atoms with E-state index in [1.165, 1.54) is 5.56 Å². The second-order valence-electron chi connectivity index (χ2n) is 6.10. The molecular weight excluding hydrogens is 286 g/mol. The highest BCUT2D eigenvalue weighted by Gasteiger charge is 2.24. The Balaban J connectivity index is 1.50. The number of rotatable bonds is 6. The molecule has 0 bridgehead atoms. The fraction of sp³-hybridized carbons (Fsp3) is 0.421. The van der Waals surface area contributed by atoms with Crippen LogP contribution in [0.1, 0.15) is 17.2 Å². The molecule has 1 aliphatic heterocycles. The molecule has 0 amide bonds. The van der Waals surface area contributed by atoms with Crippen molar-refractivity contribution in [2.45, 2.75) is 12.5 Å². The van der Waals surface area contributed by atoms with Crippen molar-refractivity contribution in [3.8, 4) is 0 Å². The number of aliphatic hydroxyl groups excluding tert-OH is 1. The van der Waals surface area contributed by atoms with E-state index < -0.39 is 0 Å². The Kier molecular flexibility index (Phi) is 5.75. The second kappa shape index (κ2) is 8.20. The summed E-state index contributed by atoms with van der Waals surface area (Å²) in [5.74, 6) is 0. The van der Waals surface area contributed by atoms with Crippen molar-refractivity contribution in [2.24, 2.45) is 0 Å². The van der Waals surface area contributed by atoms with E-state index in [1.807, 2.05) is 12.3 Å². The van der Waals surface area contributed by atoms with Gasteiger partial charge in [0.1, 0.15) is 0 Å². The summed E-state index contributed by atoms with van der Waals surface area (Å²) in [6.07, 6.45) is 4.75. The van der Waals surface area contributed by atoms with Crippen LogP contribution in [0.25, 0.3) is 0 Å². The lowest BCUT2D eigenvalue weighted by molar-refractivity contribution is 0.0654. The normalized spacial score (nSPS) is 18.0. The molecule has 0 aliphatic carbocycles. The van der Waals surface area contributed by atoms with E-state index in [0.717, 1.165) is 44.7 Å². The van der Waals surface area contributed by atoms with Crippen LogP contribution < -0.4 is 0 Å². The third kappa shape index (κ3) is 4.38. The number of benzene rings is 1. The number of piperazine rings is 1. The molecule has 1 aliphatic rings. The number of hydrogen-bond acceptors (Lipinski definition) is 4. The van der Waals surface area contributed by atoms with E-state index in [4.69, 9.17) is 0 Å². The van der Waals surface area contributed by atoms with E-state index in [2.05, 4.69) is 51.2 Å². The fourth-order valence-corrected chi connectivity index (χ4v) is 3.24. The van der Waals surface area contributed by atoms with Crippen molar-refractivity contribution in [3.63, 3.8) is 0 Å². The number of hydrogen-bond donors (Lipinski definition) is 1. The first-order chi connectivity index (χ1) is 11.4. The van der Waals surface area contributed by atoms with Crippen molar-refractivity contribution >= 4 is 0 Å². The predicted octanol–water partition coefficient (Wildman–Crippen LogP) is 1.98. The van der Waals surface area contributed by atoms with Crippen LogP contribution in [0, 0.1) is 0 Å². The van der Waals surface area contributed by atoms with Crippen molar-refractivity contribution in [1.82, 2.24) is 14.8 Å². The Morgan fingerprint density at radius 1 is 1.00 bits per heavy atom. The molecule has 0 radical (unpaired) electrons. The van der Waals surface area contributed by atoms with Crippen molar-refractivity contribution in [3.05, 3.63) is 66.0 Å². The van der Waals surface area contributed by atoms with Crippen molar-refractivity contribution in [2.75, 3.05) is 39.3 Å². The SMILES string of the molecule is OCC(c1cccnc1)N1CCN(CCc2ccccc2)CC1. The summed E-state index contributed by atoms with van der Waals surface area (Å²) >= 11 is 0. The lowest BCUT2D eigenvalue weighted by Gasteiger charge is -2.38. The standard InChI is InChI=1S/C19H25N3O/c23-16-19(18-7-4-9-20-15-18)22-13-11-21(12-14-22)10-8-17-5-2-1-3-6-17/h1-7,9,15,19,23H,8,10-14,16H2. The maximum absolute atomic E-state index is 9.77. The number of pyridine rings is 1. The molecule has 1 N–H and O–H groups in total. The molecule has 122 valence electrons. The maximum Gasteiger partial charge on any atom is 0.0629 e. The molecule has 4 nitrogen and oxygen atoms in total. The Labute approximate surface area is 138 Å². The predicted molar refractivity (Wildman–Crippen MR) is 92.2 cm³/mol. The average molecular weight is 311 g/mol. The minimum Gasteiger partial charge on any atom is -0.394 e. The van der Waals surface area contributed by atoms with Gasteiger partial charge in [-0.1, -0.05) is 36.4 Å². The Hall–Kier alpha value is -1.75. The summed E-state index contributed by atoms with van der Waals surface area (Å²) in [5, 5.41) is 9.77. The third-order valence-corrected chi connectivity index (χ3v) is 4.65. The molecule has 23 heavy (non-hydrogen) atoms. The zero-order chi connectivity index (χ0) is 15.9. The lowest BCUT2D eigenvalue weighted by Crippen LogP contribution is -2.48. The van der Waals surface area contributed by atoms with Crippen LogP contribution in [0.4, 0.5) is 0 Å². The molecule has 2 heterocycles. The van der Waals surface area contributed by atoms with Gasteiger partial charge in [-0.25, -0.2) is 0 Å². The Morgan fingerprint density at radius 2 is 1.78 bits per heavy atom. The topological polar surface area (TPSA) is 39.6 Å². The highest BCUT2D eigenvalue weighted by atomic mass is 16.3. The largest absolute Gasteiger partial charge is 0.394 e. The Bertz CT molecular complexity index is 568. The van der Waals surface area contributed by atoms with Gasteiger partial charge in [-0.2, -0.15) is 0 Å². The first-order valence-corrected chi connectivity index (χ1v) is 8.38. The monoisotopic (exact) mass is 311 g/mol. The third-order valence-electron chi connectivity index (χ3n) is 4.65. The summed E-state index contributed by atoms with van der Waals surface area (Å²) in [6.45, 7) is 5.36. The second-order valence-corrected chi connectivity index (χ2v) is 6.10. The zero-order valence-corrected chi connectivity index (χ0v) is 13.5. The first-order valence-electron chi connectivity index (χ1n) is 8.38. The van der Waals surface area contributed by atoms with Gasteiger partial charge in [0, 0.05) is 45.1 Å². The van der Waals surface area contributed by atoms with E-state index in [1.54, 1.807) is 6.20 Å². The Morgan fingerprint density at radius 3 is 2.43 bits per heavy atom. The molecule has 1 unspecified atom stereocenters. The molecule has 1 saturated heterocycles. The summed E-state index contributed by atoms with van der Waals surface area (Å²) in [7, 11) is 0. The fourth-order valence-electron chi connectivity index (χ4n) is 3.24. The van der Waals surface area contributed by atoms with Crippen LogP contribution in [0.2, 0.25) is 0 Å². The van der Waals surface area contributed by atoms with E-state index in [0.29, 0.717) is 0 Å². The van der Waals surface area contributed by atoms with E-state index in [9.17, 15) is 5.11 Å². The summed E-state index contributed by atoms with van der Waals surface area (Å²) in [4.78, 5) is 9.06.